The van der Waals surface area contributed by atoms with Gasteiger partial charge in [0.2, 0.25) is 0 Å². The zero-order valence-corrected chi connectivity index (χ0v) is 11.3. The predicted octanol–water partition coefficient (Wildman–Crippen LogP) is 4.61. The second-order valence-electron chi connectivity index (χ2n) is 5.28. The van der Waals surface area contributed by atoms with Gasteiger partial charge in [0.15, 0.2) is 0 Å². The van der Waals surface area contributed by atoms with Crippen molar-refractivity contribution in [3.8, 4) is 0 Å². The summed E-state index contributed by atoms with van der Waals surface area (Å²) >= 11 is 0. The minimum absolute atomic E-state index is 0.127. The Kier molecular flexibility index (Phi) is 5.56. The van der Waals surface area contributed by atoms with Gasteiger partial charge in [-0.05, 0) is 25.8 Å². The number of nitrogens with zero attached hydrogens (tertiary/aromatic N) is 1. The number of hydrogen-bond acceptors (Lipinski definition) is 1. The lowest BCUT2D eigenvalue weighted by atomic mass is 9.92. The van der Waals surface area contributed by atoms with Crippen LogP contribution >= 0.6 is 0 Å². The molecule has 0 amide bonds. The first-order valence-electron chi connectivity index (χ1n) is 5.67. The topological polar surface area (TPSA) is 12.4 Å². The van der Waals surface area contributed by atoms with Crippen LogP contribution in [-0.2, 0) is 0 Å². The Bertz CT molecular complexity index is 272. The summed E-state index contributed by atoms with van der Waals surface area (Å²) in [6, 6.07) is 0. The average Bonchev–Trinajstić information content (AvgIpc) is 2.08. The Balaban J connectivity index is 4.74. The second kappa shape index (κ2) is 5.89. The van der Waals surface area contributed by atoms with Crippen LogP contribution in [0.25, 0.3) is 0 Å². The van der Waals surface area contributed by atoms with Crippen molar-refractivity contribution in [2.24, 2.45) is 16.3 Å². The number of hydrogen-bond donors (Lipinski definition) is 0. The van der Waals surface area contributed by atoms with E-state index < -0.39 is 0 Å². The summed E-state index contributed by atoms with van der Waals surface area (Å²) in [5.74, 6) is 0.582. The number of rotatable bonds is 3. The second-order valence-corrected chi connectivity index (χ2v) is 5.28. The predicted molar refractivity (Wildman–Crippen MR) is 70.3 cm³/mol. The van der Waals surface area contributed by atoms with Gasteiger partial charge in [0.25, 0.3) is 0 Å². The molecule has 86 valence electrons. The lowest BCUT2D eigenvalue weighted by Crippen LogP contribution is -2.08. The summed E-state index contributed by atoms with van der Waals surface area (Å²) in [6.07, 6.45) is 6.36. The van der Waals surface area contributed by atoms with Crippen LogP contribution in [0.3, 0.4) is 0 Å². The van der Waals surface area contributed by atoms with E-state index in [0.29, 0.717) is 5.92 Å². The van der Waals surface area contributed by atoms with Gasteiger partial charge in [-0.2, -0.15) is 0 Å². The molecule has 0 aromatic carbocycles. The molecule has 0 atom stereocenters. The molecule has 0 aromatic rings. The molecule has 0 aliphatic rings. The summed E-state index contributed by atoms with van der Waals surface area (Å²) in [4.78, 5) is 4.63. The van der Waals surface area contributed by atoms with Gasteiger partial charge in [-0.1, -0.05) is 46.8 Å². The Morgan fingerprint density at radius 3 is 2.07 bits per heavy atom. The maximum atomic E-state index is 4.63. The molecule has 0 fully saturated rings. The minimum atomic E-state index is 0.127. The van der Waals surface area contributed by atoms with Crippen LogP contribution < -0.4 is 0 Å². The fraction of sp³-hybridized carbons (Fsp3) is 0.643. The first-order chi connectivity index (χ1) is 6.77. The molecule has 0 saturated heterocycles. The van der Waals surface area contributed by atoms with Crippen molar-refractivity contribution in [3.05, 3.63) is 23.9 Å². The molecule has 0 heterocycles. The Labute approximate surface area is 95.0 Å². The van der Waals surface area contributed by atoms with Crippen molar-refractivity contribution in [3.63, 3.8) is 0 Å². The molecule has 1 nitrogen and oxygen atoms in total. The van der Waals surface area contributed by atoms with Gasteiger partial charge in [-0.25, -0.2) is 0 Å². The van der Waals surface area contributed by atoms with Crippen molar-refractivity contribution in [1.82, 2.24) is 0 Å². The van der Waals surface area contributed by atoms with Gasteiger partial charge in [0.1, 0.15) is 0 Å². The SMILES string of the molecule is C\C=C(/N=C(C)\C=C/C(C)C)C(C)(C)C. The molecular weight excluding hydrogens is 182 g/mol. The average molecular weight is 207 g/mol. The first-order valence-corrected chi connectivity index (χ1v) is 5.67. The first kappa shape index (κ1) is 14.2. The van der Waals surface area contributed by atoms with Crippen molar-refractivity contribution in [1.29, 1.82) is 0 Å². The van der Waals surface area contributed by atoms with Crippen LogP contribution in [0.5, 0.6) is 0 Å². The van der Waals surface area contributed by atoms with E-state index in [1.807, 2.05) is 13.8 Å². The van der Waals surface area contributed by atoms with Gasteiger partial charge >= 0.3 is 0 Å². The maximum Gasteiger partial charge on any atom is 0.0417 e. The van der Waals surface area contributed by atoms with Gasteiger partial charge in [-0.3, -0.25) is 4.99 Å². The van der Waals surface area contributed by atoms with Crippen LogP contribution in [0.4, 0.5) is 0 Å². The van der Waals surface area contributed by atoms with Crippen LogP contribution in [-0.4, -0.2) is 5.71 Å². The maximum absolute atomic E-state index is 4.63. The molecule has 1 heteroatoms. The molecular formula is C14H25N. The zero-order valence-electron chi connectivity index (χ0n) is 11.3. The Morgan fingerprint density at radius 2 is 1.73 bits per heavy atom. The number of aliphatic imine (C=N–C) groups is 1. The lowest BCUT2D eigenvalue weighted by Gasteiger charge is -2.19. The van der Waals surface area contributed by atoms with Gasteiger partial charge in [-0.15, -0.1) is 0 Å². The van der Waals surface area contributed by atoms with Crippen molar-refractivity contribution in [2.45, 2.75) is 48.5 Å². The molecule has 0 rings (SSSR count). The summed E-state index contributed by atoms with van der Waals surface area (Å²) in [7, 11) is 0. The van der Waals surface area contributed by atoms with Crippen LogP contribution in [0, 0.1) is 11.3 Å². The van der Waals surface area contributed by atoms with Crippen molar-refractivity contribution < 1.29 is 0 Å². The van der Waals surface area contributed by atoms with E-state index in [-0.39, 0.29) is 5.41 Å². The van der Waals surface area contributed by atoms with Crippen LogP contribution in [0.2, 0.25) is 0 Å². The Morgan fingerprint density at radius 1 is 1.20 bits per heavy atom. The molecule has 15 heavy (non-hydrogen) atoms. The monoisotopic (exact) mass is 207 g/mol. The molecule has 0 aliphatic heterocycles. The minimum Gasteiger partial charge on any atom is -0.258 e. The highest BCUT2D eigenvalue weighted by Gasteiger charge is 2.15. The molecule has 0 unspecified atom stereocenters. The molecule has 0 N–H and O–H groups in total. The largest absolute Gasteiger partial charge is 0.258 e. The van der Waals surface area contributed by atoms with Gasteiger partial charge in [0, 0.05) is 16.8 Å². The zero-order chi connectivity index (χ0) is 12.1. The van der Waals surface area contributed by atoms with E-state index in [0.717, 1.165) is 11.4 Å². The summed E-state index contributed by atoms with van der Waals surface area (Å²) in [5.41, 5.74) is 2.35. The quantitative estimate of drug-likeness (QED) is 0.599. The van der Waals surface area contributed by atoms with Crippen LogP contribution in [0.1, 0.15) is 48.5 Å². The van der Waals surface area contributed by atoms with Gasteiger partial charge in [0.05, 0.1) is 0 Å². The van der Waals surface area contributed by atoms with Crippen molar-refractivity contribution in [2.75, 3.05) is 0 Å². The Hall–Kier alpha value is -0.850. The van der Waals surface area contributed by atoms with E-state index in [1.165, 1.54) is 0 Å². The highest BCUT2D eigenvalue weighted by molar-refractivity contribution is 5.93. The highest BCUT2D eigenvalue weighted by Crippen LogP contribution is 2.26. The third kappa shape index (κ3) is 6.27. The van der Waals surface area contributed by atoms with E-state index in [2.05, 4.69) is 57.8 Å². The molecule has 0 bridgehead atoms. The van der Waals surface area contributed by atoms with Crippen molar-refractivity contribution >= 4 is 5.71 Å². The molecule has 0 aromatic heterocycles. The summed E-state index contributed by atoms with van der Waals surface area (Å²) < 4.78 is 0. The van der Waals surface area contributed by atoms with Crippen LogP contribution in [0.15, 0.2) is 28.9 Å². The van der Waals surface area contributed by atoms with E-state index >= 15 is 0 Å². The van der Waals surface area contributed by atoms with E-state index in [9.17, 15) is 0 Å². The highest BCUT2D eigenvalue weighted by atomic mass is 14.8. The smallest absolute Gasteiger partial charge is 0.0417 e. The summed E-state index contributed by atoms with van der Waals surface area (Å²) in [6.45, 7) is 15.0. The standard InChI is InChI=1S/C14H25N/c1-8-13(14(5,6)7)15-12(4)10-9-11(2)3/h8-11H,1-7H3/b10-9-,13-8-,15-12-. The van der Waals surface area contributed by atoms with Gasteiger partial charge < -0.3 is 0 Å². The lowest BCUT2D eigenvalue weighted by molar-refractivity contribution is 0.497. The normalized spacial score (nSPS) is 15.5. The third-order valence-electron chi connectivity index (χ3n) is 2.06. The fourth-order valence-corrected chi connectivity index (χ4v) is 1.22. The third-order valence-corrected chi connectivity index (χ3v) is 2.06. The van der Waals surface area contributed by atoms with E-state index in [4.69, 9.17) is 0 Å². The molecule has 0 aliphatic carbocycles. The fourth-order valence-electron chi connectivity index (χ4n) is 1.22. The van der Waals surface area contributed by atoms with E-state index in [1.54, 1.807) is 0 Å². The molecule has 0 radical (unpaired) electrons. The summed E-state index contributed by atoms with van der Waals surface area (Å²) in [5, 5.41) is 0. The number of allylic oxidation sites excluding steroid dienone is 4. The molecule has 0 spiro atoms. The molecule has 0 saturated carbocycles.